The van der Waals surface area contributed by atoms with Gasteiger partial charge in [0.05, 0.1) is 14.2 Å². The van der Waals surface area contributed by atoms with Gasteiger partial charge in [-0.15, -0.1) is 0 Å². The molecule has 4 nitrogen and oxygen atoms in total. The number of nitrogens with two attached hydrogens (primary N) is 1. The molecule has 0 saturated heterocycles. The highest BCUT2D eigenvalue weighted by atomic mass is 32.1. The fourth-order valence-corrected chi connectivity index (χ4v) is 1.67. The zero-order valence-electron chi connectivity index (χ0n) is 9.66. The number of nitrogen functional groups attached to an aromatic ring is 1. The van der Waals surface area contributed by atoms with Gasteiger partial charge in [0.15, 0.2) is 11.5 Å². The quantitative estimate of drug-likeness (QED) is 0.618. The first kappa shape index (κ1) is 12.6. The van der Waals surface area contributed by atoms with E-state index < -0.39 is 0 Å². The largest absolute Gasteiger partial charge is 0.493 e. The maximum Gasteiger partial charge on any atom is 0.162 e. The molecule has 0 bridgehead atoms. The zero-order chi connectivity index (χ0) is 12.1. The molecule has 1 aromatic rings. The van der Waals surface area contributed by atoms with Crippen molar-refractivity contribution in [2.24, 2.45) is 0 Å². The normalized spacial score (nSPS) is 9.69. The minimum Gasteiger partial charge on any atom is -0.493 e. The van der Waals surface area contributed by atoms with E-state index in [0.717, 1.165) is 12.1 Å². The number of nitrogens with one attached hydrogen (secondary N) is 1. The van der Waals surface area contributed by atoms with Crippen molar-refractivity contribution in [3.8, 4) is 11.5 Å². The third-order valence-electron chi connectivity index (χ3n) is 2.14. The van der Waals surface area contributed by atoms with Gasteiger partial charge in [-0.25, -0.2) is 0 Å². The number of ether oxygens (including phenoxy) is 2. The molecule has 0 heterocycles. The van der Waals surface area contributed by atoms with Gasteiger partial charge < -0.3 is 20.5 Å². The highest BCUT2D eigenvalue weighted by Gasteiger charge is 2.11. The third-order valence-corrected chi connectivity index (χ3v) is 2.50. The molecule has 0 aromatic heterocycles. The van der Waals surface area contributed by atoms with Crippen molar-refractivity contribution >= 4 is 22.9 Å². The van der Waals surface area contributed by atoms with Gasteiger partial charge in [0.1, 0.15) is 4.99 Å². The summed E-state index contributed by atoms with van der Waals surface area (Å²) in [5, 5.41) is 3.05. The van der Waals surface area contributed by atoms with Gasteiger partial charge in [0.25, 0.3) is 0 Å². The van der Waals surface area contributed by atoms with Crippen LogP contribution in [0.15, 0.2) is 12.1 Å². The summed E-state index contributed by atoms with van der Waals surface area (Å²) in [5.74, 6) is 1.22. The molecule has 3 N–H and O–H groups in total. The smallest absolute Gasteiger partial charge is 0.162 e. The van der Waals surface area contributed by atoms with Crippen molar-refractivity contribution in [1.82, 2.24) is 5.32 Å². The summed E-state index contributed by atoms with van der Waals surface area (Å²) in [6.45, 7) is 2.73. The lowest BCUT2D eigenvalue weighted by molar-refractivity contribution is 0.355. The van der Waals surface area contributed by atoms with Crippen LogP contribution in [0, 0.1) is 0 Å². The Morgan fingerprint density at radius 1 is 1.31 bits per heavy atom. The maximum absolute atomic E-state index is 5.89. The molecule has 0 fully saturated rings. The van der Waals surface area contributed by atoms with Gasteiger partial charge in [-0.3, -0.25) is 0 Å². The minimum atomic E-state index is 0.573. The molecule has 0 radical (unpaired) electrons. The molecule has 0 atom stereocenters. The second-order valence-electron chi connectivity index (χ2n) is 3.15. The zero-order valence-corrected chi connectivity index (χ0v) is 10.5. The molecule has 0 unspecified atom stereocenters. The van der Waals surface area contributed by atoms with E-state index in [1.807, 2.05) is 6.92 Å². The number of hydrogen-bond acceptors (Lipinski definition) is 4. The molecule has 0 saturated carbocycles. The Balaban J connectivity index is 3.15. The van der Waals surface area contributed by atoms with Crippen molar-refractivity contribution in [2.45, 2.75) is 6.92 Å². The highest BCUT2D eigenvalue weighted by molar-refractivity contribution is 7.80. The monoisotopic (exact) mass is 240 g/mol. The molecular weight excluding hydrogens is 224 g/mol. The highest BCUT2D eigenvalue weighted by Crippen LogP contribution is 2.31. The fourth-order valence-electron chi connectivity index (χ4n) is 1.35. The third kappa shape index (κ3) is 2.55. The molecule has 1 aromatic carbocycles. The Labute approximate surface area is 101 Å². The van der Waals surface area contributed by atoms with Crippen LogP contribution in [0.5, 0.6) is 11.5 Å². The Morgan fingerprint density at radius 3 is 2.38 bits per heavy atom. The average Bonchev–Trinajstić information content (AvgIpc) is 2.28. The summed E-state index contributed by atoms with van der Waals surface area (Å²) in [6.07, 6.45) is 0. The van der Waals surface area contributed by atoms with Crippen molar-refractivity contribution in [3.05, 3.63) is 17.7 Å². The lowest BCUT2D eigenvalue weighted by Crippen LogP contribution is -2.22. The van der Waals surface area contributed by atoms with Crippen LogP contribution >= 0.6 is 12.2 Å². The SMILES string of the molecule is CCNC(=S)c1cc(OC)c(OC)cc1N. The van der Waals surface area contributed by atoms with Crippen molar-refractivity contribution < 1.29 is 9.47 Å². The predicted octanol–water partition coefficient (Wildman–Crippen LogP) is 1.57. The number of thiocarbonyl (C=S) groups is 1. The van der Waals surface area contributed by atoms with E-state index in [2.05, 4.69) is 5.32 Å². The van der Waals surface area contributed by atoms with Crippen molar-refractivity contribution in [3.63, 3.8) is 0 Å². The van der Waals surface area contributed by atoms with Gasteiger partial charge >= 0.3 is 0 Å². The first-order chi connectivity index (χ1) is 7.63. The van der Waals surface area contributed by atoms with Crippen LogP contribution in [-0.4, -0.2) is 25.8 Å². The summed E-state index contributed by atoms with van der Waals surface area (Å²) >= 11 is 5.21. The van der Waals surface area contributed by atoms with Crippen LogP contribution in [0.25, 0.3) is 0 Å². The lowest BCUT2D eigenvalue weighted by Gasteiger charge is -2.13. The molecular formula is C11H16N2O2S. The van der Waals surface area contributed by atoms with Gasteiger partial charge in [0.2, 0.25) is 0 Å². The number of rotatable bonds is 4. The Bertz CT molecular complexity index is 394. The van der Waals surface area contributed by atoms with E-state index in [1.165, 1.54) is 0 Å². The Kier molecular flexibility index (Phi) is 4.37. The second-order valence-corrected chi connectivity index (χ2v) is 3.56. The molecule has 5 heteroatoms. The summed E-state index contributed by atoms with van der Waals surface area (Å²) in [7, 11) is 3.15. The Morgan fingerprint density at radius 2 is 1.88 bits per heavy atom. The lowest BCUT2D eigenvalue weighted by atomic mass is 10.1. The van der Waals surface area contributed by atoms with Crippen molar-refractivity contribution in [1.29, 1.82) is 0 Å². The fraction of sp³-hybridized carbons (Fsp3) is 0.364. The van der Waals surface area contributed by atoms with Crippen LogP contribution in [0.2, 0.25) is 0 Å². The maximum atomic E-state index is 5.89. The van der Waals surface area contributed by atoms with E-state index in [1.54, 1.807) is 26.4 Å². The van der Waals surface area contributed by atoms with E-state index in [4.69, 9.17) is 27.4 Å². The summed E-state index contributed by atoms with van der Waals surface area (Å²) in [6, 6.07) is 3.48. The number of hydrogen-bond donors (Lipinski definition) is 2. The molecule has 16 heavy (non-hydrogen) atoms. The average molecular weight is 240 g/mol. The molecule has 0 aliphatic carbocycles. The van der Waals surface area contributed by atoms with E-state index in [0.29, 0.717) is 22.2 Å². The van der Waals surface area contributed by atoms with Gasteiger partial charge in [-0.1, -0.05) is 12.2 Å². The number of benzene rings is 1. The van der Waals surface area contributed by atoms with Gasteiger partial charge in [-0.05, 0) is 13.0 Å². The van der Waals surface area contributed by atoms with E-state index in [9.17, 15) is 0 Å². The van der Waals surface area contributed by atoms with E-state index >= 15 is 0 Å². The van der Waals surface area contributed by atoms with Gasteiger partial charge in [0, 0.05) is 23.9 Å². The first-order valence-electron chi connectivity index (χ1n) is 4.93. The van der Waals surface area contributed by atoms with Crippen molar-refractivity contribution in [2.75, 3.05) is 26.5 Å². The second kappa shape index (κ2) is 5.55. The molecule has 88 valence electrons. The number of methoxy groups -OCH3 is 2. The standard InChI is InChI=1S/C11H16N2O2S/c1-4-13-11(16)7-5-9(14-2)10(15-3)6-8(7)12/h5-6H,4,12H2,1-3H3,(H,13,16). The predicted molar refractivity (Wildman–Crippen MR) is 69.3 cm³/mol. The molecule has 0 aliphatic heterocycles. The summed E-state index contributed by atoms with van der Waals surface area (Å²) in [4.78, 5) is 0.612. The van der Waals surface area contributed by atoms with E-state index in [-0.39, 0.29) is 0 Å². The summed E-state index contributed by atoms with van der Waals surface area (Å²) < 4.78 is 10.3. The Hall–Kier alpha value is -1.49. The van der Waals surface area contributed by atoms with Crippen LogP contribution in [-0.2, 0) is 0 Å². The van der Waals surface area contributed by atoms with Crippen LogP contribution in [0.3, 0.4) is 0 Å². The minimum absolute atomic E-state index is 0.573. The van der Waals surface area contributed by atoms with Gasteiger partial charge in [-0.2, -0.15) is 0 Å². The molecule has 0 spiro atoms. The van der Waals surface area contributed by atoms with Crippen LogP contribution < -0.4 is 20.5 Å². The van der Waals surface area contributed by atoms with Crippen LogP contribution in [0.1, 0.15) is 12.5 Å². The molecule has 0 aliphatic rings. The summed E-state index contributed by atoms with van der Waals surface area (Å²) in [5.41, 5.74) is 7.22. The molecule has 0 amide bonds. The first-order valence-corrected chi connectivity index (χ1v) is 5.34. The number of anilines is 1. The topological polar surface area (TPSA) is 56.5 Å². The molecule has 1 rings (SSSR count). The van der Waals surface area contributed by atoms with Crippen LogP contribution in [0.4, 0.5) is 5.69 Å².